The van der Waals surface area contributed by atoms with Crippen LogP contribution in [0.1, 0.15) is 68.9 Å². The molecule has 1 fully saturated rings. The molecule has 0 N–H and O–H groups in total. The van der Waals surface area contributed by atoms with Gasteiger partial charge in [0.05, 0.1) is 0 Å². The standard InChI is InChI=1S/C29H27F7O/c1-2-4-17-5-3-6-18(8-7-17)19-9-11-20(12-10-19)21-13-23(30)27(24(31)14-21)29(35,36)37-22-15-25(32)28(34)26(33)16-22/h9-18H,2-8H2,1H3. The summed E-state index contributed by atoms with van der Waals surface area (Å²) < 4.78 is 103. The van der Waals surface area contributed by atoms with Crippen molar-refractivity contribution in [1.29, 1.82) is 0 Å². The molecule has 0 radical (unpaired) electrons. The topological polar surface area (TPSA) is 9.23 Å². The molecule has 0 spiro atoms. The van der Waals surface area contributed by atoms with Crippen molar-refractivity contribution in [3.05, 3.63) is 88.7 Å². The Hall–Kier alpha value is -3.03. The lowest BCUT2D eigenvalue weighted by atomic mass is 9.89. The highest BCUT2D eigenvalue weighted by atomic mass is 19.3. The summed E-state index contributed by atoms with van der Waals surface area (Å²) in [6.45, 7) is 2.20. The van der Waals surface area contributed by atoms with Crippen LogP contribution < -0.4 is 4.74 Å². The van der Waals surface area contributed by atoms with Gasteiger partial charge in [-0.05, 0) is 59.9 Å². The molecule has 0 heterocycles. The van der Waals surface area contributed by atoms with E-state index in [1.807, 2.05) is 12.1 Å². The highest BCUT2D eigenvalue weighted by Gasteiger charge is 2.41. The van der Waals surface area contributed by atoms with E-state index in [2.05, 4.69) is 11.7 Å². The maximum Gasteiger partial charge on any atom is 0.432 e. The van der Waals surface area contributed by atoms with Gasteiger partial charge in [-0.1, -0.05) is 56.9 Å². The second-order valence-corrected chi connectivity index (χ2v) is 9.62. The van der Waals surface area contributed by atoms with Crippen LogP contribution in [0.4, 0.5) is 30.7 Å². The van der Waals surface area contributed by atoms with Gasteiger partial charge >= 0.3 is 6.11 Å². The van der Waals surface area contributed by atoms with Crippen LogP contribution in [-0.2, 0) is 6.11 Å². The Balaban J connectivity index is 1.53. The summed E-state index contributed by atoms with van der Waals surface area (Å²) in [5.74, 6) is -8.62. The van der Waals surface area contributed by atoms with Crippen molar-refractivity contribution in [3.63, 3.8) is 0 Å². The van der Waals surface area contributed by atoms with Crippen molar-refractivity contribution in [2.75, 3.05) is 0 Å². The van der Waals surface area contributed by atoms with Crippen LogP contribution in [0.15, 0.2) is 48.5 Å². The van der Waals surface area contributed by atoms with Gasteiger partial charge in [-0.15, -0.1) is 0 Å². The fraction of sp³-hybridized carbons (Fsp3) is 0.379. The lowest BCUT2D eigenvalue weighted by Gasteiger charge is -2.20. The van der Waals surface area contributed by atoms with E-state index in [1.54, 1.807) is 12.1 Å². The van der Waals surface area contributed by atoms with E-state index < -0.39 is 46.5 Å². The van der Waals surface area contributed by atoms with Gasteiger partial charge in [-0.25, -0.2) is 22.0 Å². The number of hydrogen-bond donors (Lipinski definition) is 0. The van der Waals surface area contributed by atoms with Gasteiger partial charge in [0.1, 0.15) is 22.9 Å². The number of halogens is 7. The first-order valence-electron chi connectivity index (χ1n) is 12.4. The maximum absolute atomic E-state index is 14.7. The number of benzene rings is 3. The van der Waals surface area contributed by atoms with Crippen LogP contribution in [0, 0.1) is 35.0 Å². The van der Waals surface area contributed by atoms with Crippen molar-refractivity contribution >= 4 is 0 Å². The number of alkyl halides is 2. The van der Waals surface area contributed by atoms with Gasteiger partial charge in [-0.2, -0.15) is 8.78 Å². The van der Waals surface area contributed by atoms with E-state index in [0.29, 0.717) is 11.5 Å². The number of rotatable bonds is 7. The van der Waals surface area contributed by atoms with E-state index >= 15 is 0 Å². The molecule has 37 heavy (non-hydrogen) atoms. The second-order valence-electron chi connectivity index (χ2n) is 9.62. The van der Waals surface area contributed by atoms with Gasteiger partial charge in [0.2, 0.25) is 0 Å². The van der Waals surface area contributed by atoms with Crippen LogP contribution in [0.3, 0.4) is 0 Å². The molecule has 8 heteroatoms. The number of hydrogen-bond acceptors (Lipinski definition) is 1. The molecular weight excluding hydrogens is 497 g/mol. The molecular formula is C29H27F7O. The fourth-order valence-electron chi connectivity index (χ4n) is 5.16. The highest BCUT2D eigenvalue weighted by molar-refractivity contribution is 5.64. The minimum atomic E-state index is -4.62. The Kier molecular flexibility index (Phi) is 8.14. The summed E-state index contributed by atoms with van der Waals surface area (Å²) in [4.78, 5) is 0. The minimum absolute atomic E-state index is 0.0452. The van der Waals surface area contributed by atoms with Crippen LogP contribution in [0.2, 0.25) is 0 Å². The predicted octanol–water partition coefficient (Wildman–Crippen LogP) is 9.64. The van der Waals surface area contributed by atoms with Crippen molar-refractivity contribution in [2.45, 2.75) is 63.9 Å². The first-order chi connectivity index (χ1) is 17.6. The van der Waals surface area contributed by atoms with Gasteiger partial charge in [-0.3, -0.25) is 0 Å². The van der Waals surface area contributed by atoms with Crippen LogP contribution >= 0.6 is 0 Å². The third-order valence-corrected chi connectivity index (χ3v) is 7.04. The number of ether oxygens (including phenoxy) is 1. The molecule has 2 unspecified atom stereocenters. The van der Waals surface area contributed by atoms with Gasteiger partial charge in [0, 0.05) is 12.1 Å². The van der Waals surface area contributed by atoms with E-state index in [4.69, 9.17) is 0 Å². The van der Waals surface area contributed by atoms with Crippen molar-refractivity contribution in [1.82, 2.24) is 0 Å². The zero-order valence-corrected chi connectivity index (χ0v) is 20.3. The van der Waals surface area contributed by atoms with Crippen molar-refractivity contribution in [3.8, 4) is 16.9 Å². The first-order valence-corrected chi connectivity index (χ1v) is 12.4. The molecule has 3 aromatic carbocycles. The molecule has 0 saturated heterocycles. The van der Waals surface area contributed by atoms with Crippen LogP contribution in [-0.4, -0.2) is 0 Å². The summed E-state index contributed by atoms with van der Waals surface area (Å²) >= 11 is 0. The molecule has 1 saturated carbocycles. The fourth-order valence-corrected chi connectivity index (χ4v) is 5.16. The SMILES string of the molecule is CCCC1CCCC(c2ccc(-c3cc(F)c(C(F)(F)Oc4cc(F)c(F)c(F)c4)c(F)c3)cc2)CC1. The predicted molar refractivity (Wildman–Crippen MR) is 127 cm³/mol. The van der Waals surface area contributed by atoms with E-state index in [-0.39, 0.29) is 17.7 Å². The van der Waals surface area contributed by atoms with Crippen LogP contribution in [0.5, 0.6) is 5.75 Å². The largest absolute Gasteiger partial charge is 0.432 e. The lowest BCUT2D eigenvalue weighted by molar-refractivity contribution is -0.189. The van der Waals surface area contributed by atoms with Gasteiger partial charge < -0.3 is 4.74 Å². The molecule has 0 amide bonds. The van der Waals surface area contributed by atoms with Crippen molar-refractivity contribution < 1.29 is 35.5 Å². The average Bonchev–Trinajstić information content (AvgIpc) is 3.07. The second kappa shape index (κ2) is 11.2. The Morgan fingerprint density at radius 1 is 0.757 bits per heavy atom. The summed E-state index contributed by atoms with van der Waals surface area (Å²) in [6, 6.07) is 9.03. The molecule has 2 atom stereocenters. The minimum Gasteiger partial charge on any atom is -0.429 e. The maximum atomic E-state index is 14.7. The molecule has 198 valence electrons. The van der Waals surface area contributed by atoms with Crippen LogP contribution in [0.25, 0.3) is 11.1 Å². The molecule has 0 bridgehead atoms. The Labute approximate surface area is 211 Å². The lowest BCUT2D eigenvalue weighted by Crippen LogP contribution is -2.25. The van der Waals surface area contributed by atoms with Gasteiger partial charge in [0.15, 0.2) is 17.5 Å². The van der Waals surface area contributed by atoms with E-state index in [0.717, 1.165) is 42.9 Å². The Morgan fingerprint density at radius 2 is 1.38 bits per heavy atom. The summed E-state index contributed by atoms with van der Waals surface area (Å²) in [5, 5.41) is 0. The summed E-state index contributed by atoms with van der Waals surface area (Å²) in [5.41, 5.74) is -0.100. The highest BCUT2D eigenvalue weighted by Crippen LogP contribution is 2.39. The first kappa shape index (κ1) is 27.0. The average molecular weight is 525 g/mol. The zero-order valence-electron chi connectivity index (χ0n) is 20.3. The molecule has 3 aromatic rings. The quantitative estimate of drug-likeness (QED) is 0.170. The third kappa shape index (κ3) is 6.11. The Morgan fingerprint density at radius 3 is 1.97 bits per heavy atom. The van der Waals surface area contributed by atoms with E-state index in [1.165, 1.54) is 25.7 Å². The molecule has 4 rings (SSSR count). The molecule has 1 aliphatic rings. The normalized spacial score (nSPS) is 18.5. The summed E-state index contributed by atoms with van der Waals surface area (Å²) in [6.07, 6.45) is 3.51. The molecule has 1 aliphatic carbocycles. The zero-order chi connectivity index (χ0) is 26.7. The molecule has 0 aliphatic heterocycles. The van der Waals surface area contributed by atoms with Gasteiger partial charge in [0.25, 0.3) is 0 Å². The smallest absolute Gasteiger partial charge is 0.429 e. The third-order valence-electron chi connectivity index (χ3n) is 7.04. The monoisotopic (exact) mass is 524 g/mol. The molecule has 1 nitrogen and oxygen atoms in total. The Bertz CT molecular complexity index is 1190. The van der Waals surface area contributed by atoms with Crippen molar-refractivity contribution in [2.24, 2.45) is 5.92 Å². The van der Waals surface area contributed by atoms with E-state index in [9.17, 15) is 30.7 Å². The summed E-state index contributed by atoms with van der Waals surface area (Å²) in [7, 11) is 0. The molecule has 0 aromatic heterocycles.